The summed E-state index contributed by atoms with van der Waals surface area (Å²) in [5, 5.41) is 0.206. The summed E-state index contributed by atoms with van der Waals surface area (Å²) in [6.07, 6.45) is 0.196. The summed E-state index contributed by atoms with van der Waals surface area (Å²) in [4.78, 5) is 10.6. The number of aryl methyl sites for hydroxylation is 1. The van der Waals surface area contributed by atoms with Gasteiger partial charge in [0.2, 0.25) is 5.24 Å². The van der Waals surface area contributed by atoms with Crippen LogP contribution in [0.4, 0.5) is 0 Å². The molecule has 0 aliphatic carbocycles. The first kappa shape index (κ1) is 9.56. The van der Waals surface area contributed by atoms with E-state index in [1.165, 1.54) is 0 Å². The molecule has 0 radical (unpaired) electrons. The van der Waals surface area contributed by atoms with Gasteiger partial charge in [-0.25, -0.2) is 0 Å². The third-order valence-corrected chi connectivity index (χ3v) is 2.03. The molecule has 0 saturated carbocycles. The topological polar surface area (TPSA) is 17.1 Å². The van der Waals surface area contributed by atoms with Crippen LogP contribution in [0.2, 0.25) is 5.02 Å². The molecule has 0 atom stereocenters. The van der Waals surface area contributed by atoms with Crippen LogP contribution in [0.3, 0.4) is 0 Å². The van der Waals surface area contributed by atoms with Gasteiger partial charge in [-0.2, -0.15) is 0 Å². The monoisotopic (exact) mass is 202 g/mol. The van der Waals surface area contributed by atoms with Crippen molar-refractivity contribution in [2.24, 2.45) is 0 Å². The molecule has 0 aromatic heterocycles. The molecule has 0 amide bonds. The summed E-state index contributed by atoms with van der Waals surface area (Å²) in [5.74, 6) is 0. The van der Waals surface area contributed by atoms with Crippen LogP contribution >= 0.6 is 23.2 Å². The molecule has 0 aliphatic rings. The summed E-state index contributed by atoms with van der Waals surface area (Å²) in [7, 11) is 0. The molecular formula is C9H8Cl2O. The average molecular weight is 203 g/mol. The van der Waals surface area contributed by atoms with E-state index in [0.717, 1.165) is 11.1 Å². The number of hydrogen-bond donors (Lipinski definition) is 0. The number of carbonyl (C=O) groups is 1. The van der Waals surface area contributed by atoms with E-state index in [0.29, 0.717) is 5.02 Å². The van der Waals surface area contributed by atoms with Crippen molar-refractivity contribution < 1.29 is 4.79 Å². The van der Waals surface area contributed by atoms with E-state index in [-0.39, 0.29) is 11.7 Å². The molecule has 1 aromatic carbocycles. The Kier molecular flexibility index (Phi) is 3.12. The Bertz CT molecular complexity index is 307. The second kappa shape index (κ2) is 3.92. The molecule has 64 valence electrons. The van der Waals surface area contributed by atoms with Gasteiger partial charge in [-0.15, -0.1) is 0 Å². The number of benzene rings is 1. The predicted octanol–water partition coefficient (Wildman–Crippen LogP) is 2.96. The van der Waals surface area contributed by atoms with Gasteiger partial charge in [-0.1, -0.05) is 29.3 Å². The van der Waals surface area contributed by atoms with Gasteiger partial charge in [-0.05, 0) is 30.2 Å². The second-order valence-corrected chi connectivity index (χ2v) is 3.46. The molecule has 0 bridgehead atoms. The maximum Gasteiger partial charge on any atom is 0.226 e. The highest BCUT2D eigenvalue weighted by Crippen LogP contribution is 2.18. The molecule has 1 aromatic rings. The highest BCUT2D eigenvalue weighted by atomic mass is 35.5. The van der Waals surface area contributed by atoms with E-state index in [4.69, 9.17) is 23.2 Å². The van der Waals surface area contributed by atoms with Crippen molar-refractivity contribution in [3.8, 4) is 0 Å². The summed E-state index contributed by atoms with van der Waals surface area (Å²) < 4.78 is 0. The van der Waals surface area contributed by atoms with Crippen LogP contribution in [-0.2, 0) is 11.2 Å². The van der Waals surface area contributed by atoms with Crippen LogP contribution in [0, 0.1) is 6.92 Å². The van der Waals surface area contributed by atoms with E-state index in [1.807, 2.05) is 19.1 Å². The van der Waals surface area contributed by atoms with Crippen molar-refractivity contribution in [3.63, 3.8) is 0 Å². The van der Waals surface area contributed by atoms with Crippen molar-refractivity contribution in [2.45, 2.75) is 13.3 Å². The van der Waals surface area contributed by atoms with Gasteiger partial charge < -0.3 is 0 Å². The summed E-state index contributed by atoms with van der Waals surface area (Å²) in [6, 6.07) is 5.53. The van der Waals surface area contributed by atoms with Crippen LogP contribution in [0.15, 0.2) is 18.2 Å². The van der Waals surface area contributed by atoms with Gasteiger partial charge in [0.25, 0.3) is 0 Å². The lowest BCUT2D eigenvalue weighted by molar-refractivity contribution is -0.111. The van der Waals surface area contributed by atoms with E-state index in [2.05, 4.69) is 0 Å². The number of hydrogen-bond acceptors (Lipinski definition) is 1. The molecule has 0 aliphatic heterocycles. The average Bonchev–Trinajstić information content (AvgIpc) is 1.96. The minimum atomic E-state index is -0.387. The minimum absolute atomic E-state index is 0.196. The van der Waals surface area contributed by atoms with Gasteiger partial charge in [0.05, 0.1) is 0 Å². The maximum absolute atomic E-state index is 10.6. The first-order valence-electron chi connectivity index (χ1n) is 3.53. The molecule has 0 fully saturated rings. The van der Waals surface area contributed by atoms with Crippen molar-refractivity contribution in [1.29, 1.82) is 0 Å². The Morgan fingerprint density at radius 1 is 1.50 bits per heavy atom. The normalized spacial score (nSPS) is 9.92. The number of halogens is 2. The molecule has 12 heavy (non-hydrogen) atoms. The SMILES string of the molecule is Cc1ccc(Cl)c(CC(=O)Cl)c1. The lowest BCUT2D eigenvalue weighted by atomic mass is 10.1. The van der Waals surface area contributed by atoms with Crippen molar-refractivity contribution in [2.75, 3.05) is 0 Å². The Hall–Kier alpha value is -0.530. The van der Waals surface area contributed by atoms with Gasteiger partial charge in [0, 0.05) is 11.4 Å². The van der Waals surface area contributed by atoms with E-state index in [1.54, 1.807) is 6.07 Å². The molecule has 1 rings (SSSR count). The number of rotatable bonds is 2. The van der Waals surface area contributed by atoms with Gasteiger partial charge in [0.1, 0.15) is 0 Å². The van der Waals surface area contributed by atoms with Crippen LogP contribution in [0.5, 0.6) is 0 Å². The molecule has 0 heterocycles. The van der Waals surface area contributed by atoms with E-state index < -0.39 is 0 Å². The zero-order chi connectivity index (χ0) is 9.14. The fraction of sp³-hybridized carbons (Fsp3) is 0.222. The highest BCUT2D eigenvalue weighted by molar-refractivity contribution is 6.63. The Balaban J connectivity index is 2.97. The van der Waals surface area contributed by atoms with Crippen LogP contribution in [0.25, 0.3) is 0 Å². The van der Waals surface area contributed by atoms with Gasteiger partial charge >= 0.3 is 0 Å². The van der Waals surface area contributed by atoms with E-state index in [9.17, 15) is 4.79 Å². The Morgan fingerprint density at radius 2 is 2.17 bits per heavy atom. The fourth-order valence-electron chi connectivity index (χ4n) is 0.989. The Morgan fingerprint density at radius 3 is 2.75 bits per heavy atom. The zero-order valence-corrected chi connectivity index (χ0v) is 8.12. The van der Waals surface area contributed by atoms with Crippen LogP contribution < -0.4 is 0 Å². The van der Waals surface area contributed by atoms with Crippen LogP contribution in [0.1, 0.15) is 11.1 Å². The minimum Gasteiger partial charge on any atom is -0.281 e. The quantitative estimate of drug-likeness (QED) is 0.675. The summed E-state index contributed by atoms with van der Waals surface area (Å²) >= 11 is 11.1. The molecule has 0 unspecified atom stereocenters. The molecule has 0 N–H and O–H groups in total. The molecule has 0 saturated heterocycles. The van der Waals surface area contributed by atoms with Gasteiger partial charge in [-0.3, -0.25) is 4.79 Å². The molecular weight excluding hydrogens is 195 g/mol. The molecule has 1 nitrogen and oxygen atoms in total. The maximum atomic E-state index is 10.6. The lowest BCUT2D eigenvalue weighted by Crippen LogP contribution is -1.94. The largest absolute Gasteiger partial charge is 0.281 e. The molecule has 3 heteroatoms. The zero-order valence-electron chi connectivity index (χ0n) is 6.60. The van der Waals surface area contributed by atoms with Crippen molar-refractivity contribution in [3.05, 3.63) is 34.3 Å². The van der Waals surface area contributed by atoms with Crippen molar-refractivity contribution >= 4 is 28.4 Å². The van der Waals surface area contributed by atoms with Gasteiger partial charge in [0.15, 0.2) is 0 Å². The first-order chi connectivity index (χ1) is 5.59. The first-order valence-corrected chi connectivity index (χ1v) is 4.28. The smallest absolute Gasteiger partial charge is 0.226 e. The standard InChI is InChI=1S/C9H8Cl2O/c1-6-2-3-8(10)7(4-6)5-9(11)12/h2-4H,5H2,1H3. The summed E-state index contributed by atoms with van der Waals surface area (Å²) in [6.45, 7) is 1.94. The summed E-state index contributed by atoms with van der Waals surface area (Å²) in [5.41, 5.74) is 1.86. The van der Waals surface area contributed by atoms with Crippen molar-refractivity contribution in [1.82, 2.24) is 0 Å². The highest BCUT2D eigenvalue weighted by Gasteiger charge is 2.04. The third kappa shape index (κ3) is 2.50. The van der Waals surface area contributed by atoms with E-state index >= 15 is 0 Å². The predicted molar refractivity (Wildman–Crippen MR) is 50.8 cm³/mol. The second-order valence-electron chi connectivity index (χ2n) is 2.63. The molecule has 0 spiro atoms. The van der Waals surface area contributed by atoms with Crippen LogP contribution in [-0.4, -0.2) is 5.24 Å². The Labute approximate surface area is 81.3 Å². The lowest BCUT2D eigenvalue weighted by Gasteiger charge is -2.01. The number of carbonyl (C=O) groups excluding carboxylic acids is 1. The third-order valence-electron chi connectivity index (χ3n) is 1.53. The fourth-order valence-corrected chi connectivity index (χ4v) is 1.32.